The summed E-state index contributed by atoms with van der Waals surface area (Å²) >= 11 is 0. The van der Waals surface area contributed by atoms with E-state index in [-0.39, 0.29) is 19.6 Å². The molecule has 0 aliphatic heterocycles. The van der Waals surface area contributed by atoms with Crippen LogP contribution >= 0.6 is 0 Å². The third-order valence-corrected chi connectivity index (χ3v) is 3.74. The Kier molecular flexibility index (Phi) is 7.25. The van der Waals surface area contributed by atoms with Crippen LogP contribution in [-0.4, -0.2) is 36.1 Å². The number of alkyl carbamates (subject to hydrolysis) is 1. The molecule has 0 aliphatic rings. The predicted octanol–water partition coefficient (Wildman–Crippen LogP) is 2.41. The van der Waals surface area contributed by atoms with Crippen LogP contribution < -0.4 is 10.1 Å². The molecule has 134 valence electrons. The monoisotopic (exact) mass is 345 g/mol. The first-order chi connectivity index (χ1) is 12.1. The van der Waals surface area contributed by atoms with Crippen molar-refractivity contribution in [3.63, 3.8) is 0 Å². The molecule has 0 saturated carbocycles. The van der Waals surface area contributed by atoms with Crippen LogP contribution in [0, 0.1) is 0 Å². The molecule has 2 aromatic carbocycles. The minimum absolute atomic E-state index is 0.180. The molecule has 0 heterocycles. The first-order valence-corrected chi connectivity index (χ1v) is 8.05. The van der Waals surface area contributed by atoms with Crippen molar-refractivity contribution in [1.29, 1.82) is 0 Å². The van der Waals surface area contributed by atoms with Gasteiger partial charge in [-0.3, -0.25) is 0 Å². The van der Waals surface area contributed by atoms with Gasteiger partial charge in [-0.2, -0.15) is 0 Å². The van der Waals surface area contributed by atoms with E-state index in [4.69, 9.17) is 9.47 Å². The first-order valence-electron chi connectivity index (χ1n) is 8.05. The third kappa shape index (κ3) is 5.77. The van der Waals surface area contributed by atoms with Crippen molar-refractivity contribution >= 4 is 6.09 Å². The van der Waals surface area contributed by atoms with Crippen molar-refractivity contribution in [3.8, 4) is 5.75 Å². The third-order valence-electron chi connectivity index (χ3n) is 3.74. The minimum atomic E-state index is -1.10. The zero-order valence-corrected chi connectivity index (χ0v) is 14.1. The number of aliphatic hydroxyl groups excluding tert-OH is 2. The van der Waals surface area contributed by atoms with Gasteiger partial charge in [-0.05, 0) is 18.1 Å². The van der Waals surface area contributed by atoms with Crippen LogP contribution in [-0.2, 0) is 11.3 Å². The molecule has 2 unspecified atom stereocenters. The Hall–Kier alpha value is -2.57. The number of aliphatic hydroxyl groups is 2. The summed E-state index contributed by atoms with van der Waals surface area (Å²) < 4.78 is 10.2. The van der Waals surface area contributed by atoms with Crippen molar-refractivity contribution in [2.24, 2.45) is 0 Å². The molecule has 6 nitrogen and oxygen atoms in total. The van der Waals surface area contributed by atoms with Gasteiger partial charge in [-0.1, -0.05) is 48.5 Å². The topological polar surface area (TPSA) is 88.0 Å². The van der Waals surface area contributed by atoms with Crippen LogP contribution in [0.1, 0.15) is 23.7 Å². The summed E-state index contributed by atoms with van der Waals surface area (Å²) in [6, 6.07) is 16.3. The van der Waals surface area contributed by atoms with Gasteiger partial charge in [0, 0.05) is 12.1 Å². The molecule has 0 fully saturated rings. The highest BCUT2D eigenvalue weighted by atomic mass is 16.5. The molecule has 2 rings (SSSR count). The number of carbonyl (C=O) groups excluding carboxylic acids is 1. The number of carbonyl (C=O) groups is 1. The summed E-state index contributed by atoms with van der Waals surface area (Å²) in [6.07, 6.45) is -2.52. The first kappa shape index (κ1) is 18.8. The average molecular weight is 345 g/mol. The predicted molar refractivity (Wildman–Crippen MR) is 93.2 cm³/mol. The van der Waals surface area contributed by atoms with Gasteiger partial charge < -0.3 is 25.0 Å². The Bertz CT molecular complexity index is 662. The van der Waals surface area contributed by atoms with Crippen molar-refractivity contribution in [1.82, 2.24) is 5.32 Å². The summed E-state index contributed by atoms with van der Waals surface area (Å²) in [5.74, 6) is 0.504. The van der Waals surface area contributed by atoms with E-state index in [1.54, 1.807) is 24.3 Å². The SMILES string of the molecule is COc1ccccc1C(O)C(O)CCNC(=O)OCc1ccccc1. The molecular formula is C19H23NO5. The van der Waals surface area contributed by atoms with E-state index in [1.165, 1.54) is 7.11 Å². The van der Waals surface area contributed by atoms with Gasteiger partial charge in [0.1, 0.15) is 18.5 Å². The fourth-order valence-corrected chi connectivity index (χ4v) is 2.37. The lowest BCUT2D eigenvalue weighted by molar-refractivity contribution is 0.0123. The molecular weight excluding hydrogens is 322 g/mol. The maximum Gasteiger partial charge on any atom is 0.407 e. The fourth-order valence-electron chi connectivity index (χ4n) is 2.37. The minimum Gasteiger partial charge on any atom is -0.496 e. The lowest BCUT2D eigenvalue weighted by Gasteiger charge is -2.20. The van der Waals surface area contributed by atoms with Crippen molar-refractivity contribution in [2.45, 2.75) is 25.2 Å². The van der Waals surface area contributed by atoms with Gasteiger partial charge in [0.15, 0.2) is 0 Å². The molecule has 25 heavy (non-hydrogen) atoms. The second-order valence-corrected chi connectivity index (χ2v) is 5.53. The number of rotatable bonds is 8. The number of methoxy groups -OCH3 is 1. The number of ether oxygens (including phenoxy) is 2. The highest BCUT2D eigenvalue weighted by Crippen LogP contribution is 2.27. The molecule has 3 N–H and O–H groups in total. The van der Waals surface area contributed by atoms with E-state index in [1.807, 2.05) is 30.3 Å². The molecule has 0 spiro atoms. The van der Waals surface area contributed by atoms with Crippen molar-refractivity contribution in [2.75, 3.05) is 13.7 Å². The lowest BCUT2D eigenvalue weighted by Crippen LogP contribution is -2.29. The number of benzene rings is 2. The van der Waals surface area contributed by atoms with Gasteiger partial charge >= 0.3 is 6.09 Å². The largest absolute Gasteiger partial charge is 0.496 e. The summed E-state index contributed by atoms with van der Waals surface area (Å²) in [4.78, 5) is 11.6. The summed E-state index contributed by atoms with van der Waals surface area (Å²) in [7, 11) is 1.50. The number of nitrogens with one attached hydrogen (secondary N) is 1. The maximum absolute atomic E-state index is 11.6. The molecule has 6 heteroatoms. The Morgan fingerprint density at radius 3 is 2.48 bits per heavy atom. The van der Waals surface area contributed by atoms with Crippen LogP contribution in [0.3, 0.4) is 0 Å². The Morgan fingerprint density at radius 2 is 1.76 bits per heavy atom. The van der Waals surface area contributed by atoms with Crippen LogP contribution in [0.25, 0.3) is 0 Å². The van der Waals surface area contributed by atoms with E-state index in [9.17, 15) is 15.0 Å². The van der Waals surface area contributed by atoms with E-state index >= 15 is 0 Å². The molecule has 0 saturated heterocycles. The summed E-state index contributed by atoms with van der Waals surface area (Å²) in [5, 5.41) is 22.9. The van der Waals surface area contributed by atoms with Crippen LogP contribution in [0.15, 0.2) is 54.6 Å². The maximum atomic E-state index is 11.6. The fraction of sp³-hybridized carbons (Fsp3) is 0.316. The zero-order valence-electron chi connectivity index (χ0n) is 14.1. The lowest BCUT2D eigenvalue weighted by atomic mass is 10.0. The van der Waals surface area contributed by atoms with Crippen LogP contribution in [0.5, 0.6) is 5.75 Å². The van der Waals surface area contributed by atoms with E-state index < -0.39 is 18.3 Å². The van der Waals surface area contributed by atoms with E-state index in [0.29, 0.717) is 11.3 Å². The number of para-hydroxylation sites is 1. The number of hydrogen-bond donors (Lipinski definition) is 3. The molecule has 0 bridgehead atoms. The van der Waals surface area contributed by atoms with E-state index in [2.05, 4.69) is 5.32 Å². The van der Waals surface area contributed by atoms with E-state index in [0.717, 1.165) is 5.56 Å². The Labute approximate surface area is 147 Å². The zero-order chi connectivity index (χ0) is 18.1. The Balaban J connectivity index is 1.74. The Morgan fingerprint density at radius 1 is 1.08 bits per heavy atom. The molecule has 2 atom stereocenters. The molecule has 0 aliphatic carbocycles. The second kappa shape index (κ2) is 9.66. The quantitative estimate of drug-likeness (QED) is 0.684. The van der Waals surface area contributed by atoms with Gasteiger partial charge in [0.25, 0.3) is 0 Å². The van der Waals surface area contributed by atoms with Gasteiger partial charge in [-0.25, -0.2) is 4.79 Å². The van der Waals surface area contributed by atoms with Crippen LogP contribution in [0.4, 0.5) is 4.79 Å². The molecule has 1 amide bonds. The van der Waals surface area contributed by atoms with Crippen LogP contribution in [0.2, 0.25) is 0 Å². The average Bonchev–Trinajstić information content (AvgIpc) is 2.66. The van der Waals surface area contributed by atoms with Gasteiger partial charge in [0.05, 0.1) is 13.2 Å². The highest BCUT2D eigenvalue weighted by molar-refractivity contribution is 5.67. The van der Waals surface area contributed by atoms with Crippen molar-refractivity contribution in [3.05, 3.63) is 65.7 Å². The standard InChI is InChI=1S/C19H23NO5/c1-24-17-10-6-5-9-15(17)18(22)16(21)11-12-20-19(23)25-13-14-7-3-2-4-8-14/h2-10,16,18,21-22H,11-13H2,1H3,(H,20,23). The van der Waals surface area contributed by atoms with Gasteiger partial charge in [-0.15, -0.1) is 0 Å². The molecule has 0 radical (unpaired) electrons. The molecule has 0 aromatic heterocycles. The molecule has 2 aromatic rings. The highest BCUT2D eigenvalue weighted by Gasteiger charge is 2.21. The normalized spacial score (nSPS) is 12.9. The summed E-state index contributed by atoms with van der Waals surface area (Å²) in [5.41, 5.74) is 1.40. The second-order valence-electron chi connectivity index (χ2n) is 5.53. The number of hydrogen-bond acceptors (Lipinski definition) is 5. The smallest absolute Gasteiger partial charge is 0.407 e. The van der Waals surface area contributed by atoms with Crippen molar-refractivity contribution < 1.29 is 24.5 Å². The number of amides is 1. The van der Waals surface area contributed by atoms with Gasteiger partial charge in [0.2, 0.25) is 0 Å². The summed E-state index contributed by atoms with van der Waals surface area (Å²) in [6.45, 7) is 0.361.